The molecule has 9 heteroatoms. The van der Waals surface area contributed by atoms with E-state index >= 15 is 0 Å². The largest absolute Gasteiger partial charge is 0.493 e. The average molecular weight is 546 g/mol. The summed E-state index contributed by atoms with van der Waals surface area (Å²) < 4.78 is 9.90. The van der Waals surface area contributed by atoms with Gasteiger partial charge in [0.25, 0.3) is 11.5 Å². The molecule has 0 unspecified atom stereocenters. The molecule has 2 aromatic heterocycles. The van der Waals surface area contributed by atoms with E-state index in [1.807, 2.05) is 67.6 Å². The molecule has 0 saturated heterocycles. The Bertz CT molecular complexity index is 1610. The van der Waals surface area contributed by atoms with Crippen LogP contribution in [0.2, 0.25) is 0 Å². The van der Waals surface area contributed by atoms with Crippen molar-refractivity contribution >= 4 is 43.6 Å². The van der Waals surface area contributed by atoms with E-state index < -0.39 is 0 Å². The maximum atomic E-state index is 13.1. The Balaban J connectivity index is 1.32. The molecule has 3 aromatic carbocycles. The first-order valence-corrected chi connectivity index (χ1v) is 12.4. The lowest BCUT2D eigenvalue weighted by Crippen LogP contribution is -2.28. The minimum absolute atomic E-state index is 0.157. The van der Waals surface area contributed by atoms with Crippen molar-refractivity contribution in [2.45, 2.75) is 20.0 Å². The quantitative estimate of drug-likeness (QED) is 0.312. The first kappa shape index (κ1) is 23.7. The van der Waals surface area contributed by atoms with E-state index in [4.69, 9.17) is 4.74 Å². The highest BCUT2D eigenvalue weighted by atomic mass is 79.9. The van der Waals surface area contributed by atoms with Gasteiger partial charge in [-0.05, 0) is 41.5 Å². The number of nitrogens with one attached hydrogen (secondary N) is 1. The Morgan fingerprint density at radius 3 is 2.67 bits per heavy atom. The van der Waals surface area contributed by atoms with Crippen molar-refractivity contribution in [1.82, 2.24) is 24.6 Å². The molecule has 5 rings (SSSR count). The summed E-state index contributed by atoms with van der Waals surface area (Å²) in [6.07, 6.45) is 3.07. The van der Waals surface area contributed by atoms with Gasteiger partial charge in [0.1, 0.15) is 17.5 Å². The summed E-state index contributed by atoms with van der Waals surface area (Å²) in [5.74, 6) is 0.322. The van der Waals surface area contributed by atoms with Crippen LogP contribution in [0.1, 0.15) is 22.8 Å². The van der Waals surface area contributed by atoms with Crippen LogP contribution in [0.4, 0.5) is 0 Å². The van der Waals surface area contributed by atoms with Crippen molar-refractivity contribution in [3.8, 4) is 5.75 Å². The third-order valence-electron chi connectivity index (χ3n) is 5.92. The van der Waals surface area contributed by atoms with Crippen LogP contribution in [-0.4, -0.2) is 38.4 Å². The maximum Gasteiger partial charge on any atom is 0.264 e. The number of carbonyl (C=O) groups is 1. The highest BCUT2D eigenvalue weighted by Gasteiger charge is 2.17. The van der Waals surface area contributed by atoms with E-state index in [1.54, 1.807) is 9.25 Å². The minimum atomic E-state index is -0.225. The number of aromatic nitrogens is 4. The Labute approximate surface area is 215 Å². The fourth-order valence-corrected chi connectivity index (χ4v) is 4.45. The standard InChI is InChI=1S/C27H24BrN5O3/c1-2-36-23-12-9-19-5-3-4-6-21(19)24(23)26(34)29-13-14-33-25-22(15-31-33)27(35)32(17-30-25)16-18-7-10-20(28)11-8-18/h3-12,15,17H,2,13-14,16H2,1H3,(H,29,34). The van der Waals surface area contributed by atoms with E-state index in [-0.39, 0.29) is 11.5 Å². The summed E-state index contributed by atoms with van der Waals surface area (Å²) in [7, 11) is 0. The fraction of sp³-hybridized carbons (Fsp3) is 0.185. The van der Waals surface area contributed by atoms with Gasteiger partial charge in [-0.3, -0.25) is 14.2 Å². The molecule has 0 bridgehead atoms. The lowest BCUT2D eigenvalue weighted by molar-refractivity contribution is 0.0950. The van der Waals surface area contributed by atoms with Crippen LogP contribution < -0.4 is 15.6 Å². The molecular weight excluding hydrogens is 522 g/mol. The van der Waals surface area contributed by atoms with Gasteiger partial charge in [-0.15, -0.1) is 0 Å². The van der Waals surface area contributed by atoms with Crippen molar-refractivity contribution in [2.24, 2.45) is 0 Å². The van der Waals surface area contributed by atoms with Crippen molar-refractivity contribution in [3.63, 3.8) is 0 Å². The van der Waals surface area contributed by atoms with Gasteiger partial charge in [0.05, 0.1) is 31.5 Å². The molecule has 5 aromatic rings. The minimum Gasteiger partial charge on any atom is -0.493 e. The number of benzene rings is 3. The number of hydrogen-bond acceptors (Lipinski definition) is 5. The highest BCUT2D eigenvalue weighted by molar-refractivity contribution is 9.10. The van der Waals surface area contributed by atoms with Crippen LogP contribution in [0.3, 0.4) is 0 Å². The molecule has 0 fully saturated rings. The lowest BCUT2D eigenvalue weighted by Gasteiger charge is -2.13. The summed E-state index contributed by atoms with van der Waals surface area (Å²) in [5, 5.41) is 9.54. The number of rotatable bonds is 8. The molecule has 2 heterocycles. The average Bonchev–Trinajstić information content (AvgIpc) is 3.30. The third kappa shape index (κ3) is 4.74. The molecular formula is C27H24BrN5O3. The predicted octanol–water partition coefficient (Wildman–Crippen LogP) is 4.39. The summed E-state index contributed by atoms with van der Waals surface area (Å²) in [4.78, 5) is 30.6. The van der Waals surface area contributed by atoms with Crippen molar-refractivity contribution in [2.75, 3.05) is 13.2 Å². The topological polar surface area (TPSA) is 91.0 Å². The van der Waals surface area contributed by atoms with E-state index in [0.29, 0.717) is 48.6 Å². The van der Waals surface area contributed by atoms with Crippen molar-refractivity contribution in [1.29, 1.82) is 0 Å². The van der Waals surface area contributed by atoms with Crippen LogP contribution in [0.15, 0.2) is 82.5 Å². The zero-order chi connectivity index (χ0) is 25.1. The number of hydrogen-bond donors (Lipinski definition) is 1. The molecule has 8 nitrogen and oxygen atoms in total. The summed E-state index contributed by atoms with van der Waals surface area (Å²) in [6, 6.07) is 19.3. The van der Waals surface area contributed by atoms with Gasteiger partial charge in [0.15, 0.2) is 5.65 Å². The Morgan fingerprint density at radius 1 is 1.06 bits per heavy atom. The molecule has 0 aliphatic rings. The zero-order valence-corrected chi connectivity index (χ0v) is 21.2. The fourth-order valence-electron chi connectivity index (χ4n) is 4.19. The van der Waals surface area contributed by atoms with Gasteiger partial charge in [-0.25, -0.2) is 9.67 Å². The van der Waals surface area contributed by atoms with Gasteiger partial charge < -0.3 is 10.1 Å². The first-order chi connectivity index (χ1) is 17.5. The number of carbonyl (C=O) groups excluding carboxylic acids is 1. The number of fused-ring (bicyclic) bond motifs is 2. The highest BCUT2D eigenvalue weighted by Crippen LogP contribution is 2.28. The van der Waals surface area contributed by atoms with Crippen LogP contribution in [0, 0.1) is 0 Å². The zero-order valence-electron chi connectivity index (χ0n) is 19.6. The van der Waals surface area contributed by atoms with E-state index in [9.17, 15) is 9.59 Å². The molecule has 0 aliphatic carbocycles. The summed E-state index contributed by atoms with van der Waals surface area (Å²) in [5.41, 5.74) is 1.84. The Hall–Kier alpha value is -3.98. The molecule has 1 N–H and O–H groups in total. The van der Waals surface area contributed by atoms with Gasteiger partial charge in [-0.2, -0.15) is 5.10 Å². The van der Waals surface area contributed by atoms with E-state index in [2.05, 4.69) is 31.3 Å². The van der Waals surface area contributed by atoms with Gasteiger partial charge in [-0.1, -0.05) is 58.4 Å². The molecule has 1 amide bonds. The van der Waals surface area contributed by atoms with E-state index in [1.165, 1.54) is 12.5 Å². The van der Waals surface area contributed by atoms with Gasteiger partial charge in [0.2, 0.25) is 0 Å². The number of nitrogens with zero attached hydrogens (tertiary/aromatic N) is 4. The maximum absolute atomic E-state index is 13.1. The third-order valence-corrected chi connectivity index (χ3v) is 6.44. The second kappa shape index (κ2) is 10.3. The second-order valence-electron chi connectivity index (χ2n) is 8.26. The van der Waals surface area contributed by atoms with Crippen molar-refractivity contribution < 1.29 is 9.53 Å². The van der Waals surface area contributed by atoms with Crippen molar-refractivity contribution in [3.05, 3.63) is 99.1 Å². The number of ether oxygens (including phenoxy) is 1. The van der Waals surface area contributed by atoms with Gasteiger partial charge >= 0.3 is 0 Å². The molecule has 0 atom stereocenters. The molecule has 182 valence electrons. The first-order valence-electron chi connectivity index (χ1n) is 11.6. The molecule has 0 saturated carbocycles. The van der Waals surface area contributed by atoms with Crippen LogP contribution in [0.25, 0.3) is 21.8 Å². The second-order valence-corrected chi connectivity index (χ2v) is 9.17. The molecule has 0 aliphatic heterocycles. The molecule has 0 radical (unpaired) electrons. The molecule has 0 spiro atoms. The smallest absolute Gasteiger partial charge is 0.264 e. The number of halogens is 1. The normalized spacial score (nSPS) is 11.2. The number of amides is 1. The predicted molar refractivity (Wildman–Crippen MR) is 142 cm³/mol. The lowest BCUT2D eigenvalue weighted by atomic mass is 10.0. The summed E-state index contributed by atoms with van der Waals surface area (Å²) >= 11 is 3.42. The van der Waals surface area contributed by atoms with E-state index in [0.717, 1.165) is 20.8 Å². The summed E-state index contributed by atoms with van der Waals surface area (Å²) in [6.45, 7) is 3.45. The molecule has 36 heavy (non-hydrogen) atoms. The SMILES string of the molecule is CCOc1ccc2ccccc2c1C(=O)NCCn1ncc2c(=O)n(Cc3ccc(Br)cc3)cnc21. The Kier molecular flexibility index (Phi) is 6.81. The van der Waals surface area contributed by atoms with Crippen LogP contribution >= 0.6 is 15.9 Å². The Morgan fingerprint density at radius 2 is 1.86 bits per heavy atom. The van der Waals surface area contributed by atoms with Gasteiger partial charge in [0, 0.05) is 11.0 Å². The monoisotopic (exact) mass is 545 g/mol. The van der Waals surface area contributed by atoms with Crippen LogP contribution in [0.5, 0.6) is 5.75 Å². The van der Waals surface area contributed by atoms with Crippen LogP contribution in [-0.2, 0) is 13.1 Å².